The average molecular weight is 401 g/mol. The molecule has 3 aromatic rings. The van der Waals surface area contributed by atoms with Gasteiger partial charge in [-0.15, -0.1) is 0 Å². The van der Waals surface area contributed by atoms with E-state index in [9.17, 15) is 4.79 Å². The van der Waals surface area contributed by atoms with Gasteiger partial charge >= 0.3 is 0 Å². The highest BCUT2D eigenvalue weighted by atomic mass is 16.1. The van der Waals surface area contributed by atoms with Crippen molar-refractivity contribution in [2.45, 2.75) is 39.2 Å². The summed E-state index contributed by atoms with van der Waals surface area (Å²) in [6.07, 6.45) is 5.35. The number of rotatable bonds is 5. The first-order valence-corrected chi connectivity index (χ1v) is 10.6. The summed E-state index contributed by atoms with van der Waals surface area (Å²) >= 11 is 0. The molecule has 1 unspecified atom stereocenters. The summed E-state index contributed by atoms with van der Waals surface area (Å²) in [5.41, 5.74) is 4.81. The number of nitrogens with one attached hydrogen (secondary N) is 1. The van der Waals surface area contributed by atoms with Crippen LogP contribution in [0.5, 0.6) is 0 Å². The van der Waals surface area contributed by atoms with Crippen LogP contribution in [0.3, 0.4) is 0 Å². The summed E-state index contributed by atoms with van der Waals surface area (Å²) in [5, 5.41) is 3.07. The van der Waals surface area contributed by atoms with Crippen LogP contribution >= 0.6 is 0 Å². The van der Waals surface area contributed by atoms with Gasteiger partial charge in [-0.2, -0.15) is 0 Å². The largest absolute Gasteiger partial charge is 0.357 e. The van der Waals surface area contributed by atoms with Crippen LogP contribution < -0.4 is 10.2 Å². The van der Waals surface area contributed by atoms with Gasteiger partial charge in [0.1, 0.15) is 12.1 Å². The van der Waals surface area contributed by atoms with E-state index in [2.05, 4.69) is 51.4 Å². The predicted molar refractivity (Wildman–Crippen MR) is 121 cm³/mol. The molecule has 1 saturated heterocycles. The molecule has 1 aliphatic heterocycles. The van der Waals surface area contributed by atoms with Gasteiger partial charge in [0.2, 0.25) is 0 Å². The van der Waals surface area contributed by atoms with Crippen molar-refractivity contribution in [2.24, 2.45) is 0 Å². The third-order valence-electron chi connectivity index (χ3n) is 5.70. The van der Waals surface area contributed by atoms with Crippen LogP contribution in [-0.2, 0) is 0 Å². The molecule has 2 heterocycles. The number of benzene rings is 2. The van der Waals surface area contributed by atoms with Gasteiger partial charge < -0.3 is 10.2 Å². The Labute approximate surface area is 178 Å². The summed E-state index contributed by atoms with van der Waals surface area (Å²) in [6.45, 7) is 6.16. The Hall–Kier alpha value is -3.21. The minimum Gasteiger partial charge on any atom is -0.357 e. The lowest BCUT2D eigenvalue weighted by Gasteiger charge is -2.27. The van der Waals surface area contributed by atoms with Crippen LogP contribution in [0.4, 0.5) is 5.82 Å². The number of nitrogens with zero attached hydrogens (tertiary/aromatic N) is 3. The molecule has 1 aromatic heterocycles. The quantitative estimate of drug-likeness (QED) is 0.659. The van der Waals surface area contributed by atoms with Crippen LogP contribution in [0.25, 0.3) is 11.3 Å². The van der Waals surface area contributed by atoms with E-state index in [1.807, 2.05) is 37.3 Å². The van der Waals surface area contributed by atoms with E-state index < -0.39 is 0 Å². The van der Waals surface area contributed by atoms with Crippen LogP contribution in [0.1, 0.15) is 53.7 Å². The smallest absolute Gasteiger partial charge is 0.251 e. The van der Waals surface area contributed by atoms with E-state index in [0.717, 1.165) is 35.7 Å². The number of carbonyl (C=O) groups is 1. The molecule has 0 bridgehead atoms. The molecule has 1 fully saturated rings. The van der Waals surface area contributed by atoms with Gasteiger partial charge in [-0.3, -0.25) is 4.79 Å². The van der Waals surface area contributed by atoms with Gasteiger partial charge in [0.05, 0.1) is 11.7 Å². The molecular weight excluding hydrogens is 372 g/mol. The lowest BCUT2D eigenvalue weighted by atomic mass is 10.0. The number of carbonyl (C=O) groups excluding carboxylic acids is 1. The number of anilines is 1. The number of aryl methyl sites for hydroxylation is 1. The van der Waals surface area contributed by atoms with Crippen molar-refractivity contribution in [1.29, 1.82) is 0 Å². The van der Waals surface area contributed by atoms with Crippen LogP contribution in [-0.4, -0.2) is 29.0 Å². The molecule has 5 nitrogen and oxygen atoms in total. The minimum absolute atomic E-state index is 0.0493. The fourth-order valence-electron chi connectivity index (χ4n) is 3.81. The van der Waals surface area contributed by atoms with Gasteiger partial charge in [-0.1, -0.05) is 42.0 Å². The van der Waals surface area contributed by atoms with Crippen molar-refractivity contribution < 1.29 is 4.79 Å². The SMILES string of the molecule is Cc1ccc(C(C)NC(=O)c2ccc(-c3cc(N4CCCCC4)ncn3)cc2)cc1. The van der Waals surface area contributed by atoms with Crippen molar-refractivity contribution >= 4 is 11.7 Å². The van der Waals surface area contributed by atoms with E-state index >= 15 is 0 Å². The highest BCUT2D eigenvalue weighted by molar-refractivity contribution is 5.94. The van der Waals surface area contributed by atoms with Crippen molar-refractivity contribution in [3.8, 4) is 11.3 Å². The van der Waals surface area contributed by atoms with E-state index in [-0.39, 0.29) is 11.9 Å². The summed E-state index contributed by atoms with van der Waals surface area (Å²) in [4.78, 5) is 23.9. The van der Waals surface area contributed by atoms with E-state index in [0.29, 0.717) is 5.56 Å². The lowest BCUT2D eigenvalue weighted by molar-refractivity contribution is 0.0940. The third kappa shape index (κ3) is 4.67. The van der Waals surface area contributed by atoms with E-state index in [1.165, 1.54) is 24.8 Å². The molecule has 4 rings (SSSR count). The van der Waals surface area contributed by atoms with Gasteiger partial charge in [0, 0.05) is 30.3 Å². The lowest BCUT2D eigenvalue weighted by Crippen LogP contribution is -2.30. The first kappa shape index (κ1) is 20.1. The zero-order valence-corrected chi connectivity index (χ0v) is 17.6. The Bertz CT molecular complexity index is 992. The molecule has 0 spiro atoms. The summed E-state index contributed by atoms with van der Waals surface area (Å²) < 4.78 is 0. The van der Waals surface area contributed by atoms with Crippen LogP contribution in [0.2, 0.25) is 0 Å². The fourth-order valence-corrected chi connectivity index (χ4v) is 3.81. The zero-order valence-electron chi connectivity index (χ0n) is 17.6. The topological polar surface area (TPSA) is 58.1 Å². The van der Waals surface area contributed by atoms with Gasteiger partial charge in [0.25, 0.3) is 5.91 Å². The Morgan fingerprint density at radius 2 is 1.67 bits per heavy atom. The first-order valence-electron chi connectivity index (χ1n) is 10.6. The fraction of sp³-hybridized carbons (Fsp3) is 0.320. The van der Waals surface area contributed by atoms with Crippen molar-refractivity contribution in [3.05, 3.63) is 77.6 Å². The van der Waals surface area contributed by atoms with E-state index in [4.69, 9.17) is 0 Å². The summed E-state index contributed by atoms with van der Waals surface area (Å²) in [5.74, 6) is 0.903. The molecule has 0 aliphatic carbocycles. The Kier molecular flexibility index (Phi) is 6.07. The number of piperidine rings is 1. The molecule has 154 valence electrons. The maximum Gasteiger partial charge on any atom is 0.251 e. The van der Waals surface area contributed by atoms with E-state index in [1.54, 1.807) is 6.33 Å². The molecule has 1 aliphatic rings. The number of amides is 1. The summed E-state index contributed by atoms with van der Waals surface area (Å²) in [7, 11) is 0. The molecule has 0 radical (unpaired) electrons. The Morgan fingerprint density at radius 3 is 2.37 bits per heavy atom. The number of hydrogen-bond acceptors (Lipinski definition) is 4. The van der Waals surface area contributed by atoms with Crippen LogP contribution in [0.15, 0.2) is 60.9 Å². The van der Waals surface area contributed by atoms with Gasteiger partial charge in [-0.05, 0) is 50.8 Å². The van der Waals surface area contributed by atoms with Crippen molar-refractivity contribution in [2.75, 3.05) is 18.0 Å². The first-order chi connectivity index (χ1) is 14.6. The highest BCUT2D eigenvalue weighted by Gasteiger charge is 2.14. The van der Waals surface area contributed by atoms with Gasteiger partial charge in [-0.25, -0.2) is 9.97 Å². The molecular formula is C25H28N4O. The van der Waals surface area contributed by atoms with Crippen molar-refractivity contribution in [1.82, 2.24) is 15.3 Å². The second-order valence-electron chi connectivity index (χ2n) is 7.99. The molecule has 1 atom stereocenters. The molecule has 2 aromatic carbocycles. The molecule has 0 saturated carbocycles. The van der Waals surface area contributed by atoms with Crippen molar-refractivity contribution in [3.63, 3.8) is 0 Å². The molecule has 1 amide bonds. The summed E-state index contributed by atoms with van der Waals surface area (Å²) in [6, 6.07) is 17.8. The second kappa shape index (κ2) is 9.08. The molecule has 30 heavy (non-hydrogen) atoms. The standard InChI is InChI=1S/C25H28N4O/c1-18-6-8-20(9-7-18)19(2)28-25(30)22-12-10-21(11-13-22)23-16-24(27-17-26-23)29-14-4-3-5-15-29/h6-13,16-17,19H,3-5,14-15H2,1-2H3,(H,28,30). The van der Waals surface area contributed by atoms with Crippen LogP contribution in [0, 0.1) is 6.92 Å². The Balaban J connectivity index is 1.44. The molecule has 1 N–H and O–H groups in total. The predicted octanol–water partition coefficient (Wildman–Crippen LogP) is 4.93. The maximum atomic E-state index is 12.7. The zero-order chi connectivity index (χ0) is 20.9. The normalized spacial score (nSPS) is 14.9. The number of hydrogen-bond donors (Lipinski definition) is 1. The third-order valence-corrected chi connectivity index (χ3v) is 5.70. The van der Waals surface area contributed by atoms with Gasteiger partial charge in [0.15, 0.2) is 0 Å². The highest BCUT2D eigenvalue weighted by Crippen LogP contribution is 2.23. The second-order valence-corrected chi connectivity index (χ2v) is 7.99. The monoisotopic (exact) mass is 400 g/mol. The molecule has 5 heteroatoms. The maximum absolute atomic E-state index is 12.7. The Morgan fingerprint density at radius 1 is 0.967 bits per heavy atom. The minimum atomic E-state index is -0.0775. The average Bonchev–Trinajstić information content (AvgIpc) is 2.80. The number of aromatic nitrogens is 2.